The van der Waals surface area contributed by atoms with E-state index < -0.39 is 6.10 Å². The van der Waals surface area contributed by atoms with Crippen molar-refractivity contribution < 1.29 is 14.6 Å². The summed E-state index contributed by atoms with van der Waals surface area (Å²) in [6.45, 7) is 3.33. The lowest BCUT2D eigenvalue weighted by Gasteiger charge is -2.17. The van der Waals surface area contributed by atoms with Crippen molar-refractivity contribution in [1.82, 2.24) is 5.32 Å². The number of benzene rings is 2. The summed E-state index contributed by atoms with van der Waals surface area (Å²) in [7, 11) is 0. The molecule has 0 bridgehead atoms. The highest BCUT2D eigenvalue weighted by Gasteiger charge is 2.16. The van der Waals surface area contributed by atoms with Crippen molar-refractivity contribution in [2.75, 3.05) is 6.61 Å². The van der Waals surface area contributed by atoms with Crippen LogP contribution in [0.1, 0.15) is 13.8 Å². The highest BCUT2D eigenvalue weighted by atomic mass is 16.5. The average Bonchev–Trinajstić information content (AvgIpc) is 2.56. The Morgan fingerprint density at radius 1 is 1.05 bits per heavy atom. The number of hydrogen-bond acceptors (Lipinski definition) is 3. The molecular formula is C18H21NO3. The predicted molar refractivity (Wildman–Crippen MR) is 86.7 cm³/mol. The first-order valence-electron chi connectivity index (χ1n) is 7.33. The van der Waals surface area contributed by atoms with Crippen LogP contribution in [0.15, 0.2) is 54.6 Å². The molecule has 0 radical (unpaired) electrons. The minimum absolute atomic E-state index is 0.0930. The van der Waals surface area contributed by atoms with Crippen molar-refractivity contribution >= 4 is 5.91 Å². The molecule has 2 aromatic rings. The molecule has 0 aliphatic carbocycles. The van der Waals surface area contributed by atoms with Crippen LogP contribution in [0.25, 0.3) is 11.1 Å². The maximum atomic E-state index is 11.9. The van der Waals surface area contributed by atoms with Gasteiger partial charge < -0.3 is 15.2 Å². The second-order valence-electron chi connectivity index (χ2n) is 5.24. The van der Waals surface area contributed by atoms with Crippen molar-refractivity contribution in [1.29, 1.82) is 0 Å². The number of aliphatic hydroxyl groups is 1. The average molecular weight is 299 g/mol. The molecule has 0 aliphatic rings. The number of aliphatic hydroxyl groups excluding tert-OH is 1. The molecule has 0 heterocycles. The van der Waals surface area contributed by atoms with Gasteiger partial charge in [0.2, 0.25) is 0 Å². The van der Waals surface area contributed by atoms with Gasteiger partial charge in [0, 0.05) is 6.04 Å². The Bertz CT molecular complexity index is 595. The number of carbonyl (C=O) groups is 1. The molecule has 0 fully saturated rings. The number of nitrogens with one attached hydrogen (secondary N) is 1. The van der Waals surface area contributed by atoms with Crippen molar-refractivity contribution in [3.63, 3.8) is 0 Å². The first-order chi connectivity index (χ1) is 10.6. The van der Waals surface area contributed by atoms with Crippen LogP contribution in [0.2, 0.25) is 0 Å². The molecule has 0 aliphatic heterocycles. The Balaban J connectivity index is 1.98. The lowest BCUT2D eigenvalue weighted by atomic mass is 10.1. The third-order valence-electron chi connectivity index (χ3n) is 3.31. The van der Waals surface area contributed by atoms with E-state index in [1.807, 2.05) is 54.6 Å². The van der Waals surface area contributed by atoms with E-state index >= 15 is 0 Å². The third kappa shape index (κ3) is 4.33. The van der Waals surface area contributed by atoms with Gasteiger partial charge in [-0.1, -0.05) is 42.5 Å². The summed E-state index contributed by atoms with van der Waals surface area (Å²) in [6.07, 6.45) is -0.614. The molecule has 4 heteroatoms. The second kappa shape index (κ2) is 7.61. The fourth-order valence-corrected chi connectivity index (χ4v) is 2.02. The summed E-state index contributed by atoms with van der Waals surface area (Å²) < 4.78 is 5.62. The fraction of sp³-hybridized carbons (Fsp3) is 0.278. The summed E-state index contributed by atoms with van der Waals surface area (Å²) in [5.41, 5.74) is 2.23. The minimum Gasteiger partial charge on any atom is -0.481 e. The number of rotatable bonds is 6. The molecule has 1 amide bonds. The van der Waals surface area contributed by atoms with Gasteiger partial charge in [0.25, 0.3) is 5.91 Å². The molecule has 2 aromatic carbocycles. The van der Waals surface area contributed by atoms with E-state index in [0.717, 1.165) is 11.1 Å². The van der Waals surface area contributed by atoms with Crippen LogP contribution in [0, 0.1) is 0 Å². The zero-order chi connectivity index (χ0) is 15.9. The van der Waals surface area contributed by atoms with Crippen molar-refractivity contribution in [3.05, 3.63) is 54.6 Å². The van der Waals surface area contributed by atoms with Crippen LogP contribution in [0.4, 0.5) is 0 Å². The fourth-order valence-electron chi connectivity index (χ4n) is 2.02. The molecule has 2 atom stereocenters. The van der Waals surface area contributed by atoms with Crippen LogP contribution in [-0.2, 0) is 4.79 Å². The van der Waals surface area contributed by atoms with Gasteiger partial charge in [0.05, 0.1) is 6.61 Å². The Morgan fingerprint density at radius 3 is 2.23 bits per heavy atom. The van der Waals surface area contributed by atoms with E-state index in [2.05, 4.69) is 5.32 Å². The smallest absolute Gasteiger partial charge is 0.261 e. The molecule has 116 valence electrons. The SMILES string of the molecule is CC(CO)NC(=O)C(C)Oc1ccc(-c2ccccc2)cc1. The van der Waals surface area contributed by atoms with E-state index in [0.29, 0.717) is 5.75 Å². The first-order valence-corrected chi connectivity index (χ1v) is 7.33. The molecule has 0 aromatic heterocycles. The zero-order valence-corrected chi connectivity index (χ0v) is 12.8. The maximum absolute atomic E-state index is 11.9. The van der Waals surface area contributed by atoms with E-state index in [9.17, 15) is 4.79 Å². The quantitative estimate of drug-likeness (QED) is 0.862. The van der Waals surface area contributed by atoms with E-state index in [4.69, 9.17) is 9.84 Å². The lowest BCUT2D eigenvalue weighted by molar-refractivity contribution is -0.128. The van der Waals surface area contributed by atoms with Crippen LogP contribution < -0.4 is 10.1 Å². The normalized spacial score (nSPS) is 13.2. The third-order valence-corrected chi connectivity index (χ3v) is 3.31. The van der Waals surface area contributed by atoms with Gasteiger partial charge in [-0.3, -0.25) is 4.79 Å². The van der Waals surface area contributed by atoms with Gasteiger partial charge >= 0.3 is 0 Å². The van der Waals surface area contributed by atoms with Crippen LogP contribution in [-0.4, -0.2) is 29.8 Å². The van der Waals surface area contributed by atoms with Crippen molar-refractivity contribution in [2.24, 2.45) is 0 Å². The Hall–Kier alpha value is -2.33. The summed E-state index contributed by atoms with van der Waals surface area (Å²) in [5.74, 6) is 0.396. The summed E-state index contributed by atoms with van der Waals surface area (Å²) in [5, 5.41) is 11.6. The maximum Gasteiger partial charge on any atom is 0.261 e. The summed E-state index contributed by atoms with van der Waals surface area (Å²) >= 11 is 0. The summed E-state index contributed by atoms with van der Waals surface area (Å²) in [6, 6.07) is 17.4. The number of carbonyl (C=O) groups excluding carboxylic acids is 1. The molecule has 0 spiro atoms. The molecule has 0 saturated carbocycles. The molecule has 2 unspecified atom stereocenters. The molecule has 0 saturated heterocycles. The zero-order valence-electron chi connectivity index (χ0n) is 12.8. The number of amides is 1. The van der Waals surface area contributed by atoms with Crippen LogP contribution in [0.5, 0.6) is 5.75 Å². The van der Waals surface area contributed by atoms with E-state index in [1.54, 1.807) is 13.8 Å². The molecule has 22 heavy (non-hydrogen) atoms. The van der Waals surface area contributed by atoms with E-state index in [-0.39, 0.29) is 18.6 Å². The minimum atomic E-state index is -0.614. The van der Waals surface area contributed by atoms with E-state index in [1.165, 1.54) is 0 Å². The topological polar surface area (TPSA) is 58.6 Å². The standard InChI is InChI=1S/C18H21NO3/c1-13(12-20)19-18(21)14(2)22-17-10-8-16(9-11-17)15-6-4-3-5-7-15/h3-11,13-14,20H,12H2,1-2H3,(H,19,21). The van der Waals surface area contributed by atoms with Crippen LogP contribution in [0.3, 0.4) is 0 Å². The largest absolute Gasteiger partial charge is 0.481 e. The van der Waals surface area contributed by atoms with Gasteiger partial charge in [-0.25, -0.2) is 0 Å². The number of hydrogen-bond donors (Lipinski definition) is 2. The van der Waals surface area contributed by atoms with Crippen molar-refractivity contribution in [2.45, 2.75) is 26.0 Å². The second-order valence-corrected chi connectivity index (χ2v) is 5.24. The highest BCUT2D eigenvalue weighted by Crippen LogP contribution is 2.22. The van der Waals surface area contributed by atoms with Gasteiger partial charge in [0.1, 0.15) is 5.75 Å². The highest BCUT2D eigenvalue weighted by molar-refractivity contribution is 5.81. The Morgan fingerprint density at radius 2 is 1.64 bits per heavy atom. The predicted octanol–water partition coefficient (Wildman–Crippen LogP) is 2.62. The molecule has 2 rings (SSSR count). The van der Waals surface area contributed by atoms with Gasteiger partial charge in [-0.05, 0) is 37.1 Å². The monoisotopic (exact) mass is 299 g/mol. The van der Waals surface area contributed by atoms with Gasteiger partial charge in [-0.15, -0.1) is 0 Å². The number of ether oxygens (including phenoxy) is 1. The van der Waals surface area contributed by atoms with Gasteiger partial charge in [0.15, 0.2) is 6.10 Å². The van der Waals surface area contributed by atoms with Crippen molar-refractivity contribution in [3.8, 4) is 16.9 Å². The Labute approximate surface area is 130 Å². The first kappa shape index (κ1) is 16.0. The summed E-state index contributed by atoms with van der Waals surface area (Å²) in [4.78, 5) is 11.9. The Kier molecular flexibility index (Phi) is 5.55. The van der Waals surface area contributed by atoms with Gasteiger partial charge in [-0.2, -0.15) is 0 Å². The molecule has 2 N–H and O–H groups in total. The molecular weight excluding hydrogens is 278 g/mol. The molecule has 4 nitrogen and oxygen atoms in total. The lowest BCUT2D eigenvalue weighted by Crippen LogP contribution is -2.42. The van der Waals surface area contributed by atoms with Crippen LogP contribution >= 0.6 is 0 Å².